The molecule has 0 atom stereocenters. The minimum absolute atomic E-state index is 0. The van der Waals surface area contributed by atoms with Crippen LogP contribution in [0.4, 0.5) is 0 Å². The van der Waals surface area contributed by atoms with E-state index in [0.29, 0.717) is 0 Å². The molecular weight excluding hydrogens is 324 g/mol. The first-order valence-electron chi connectivity index (χ1n) is 9.64. The smallest absolute Gasteiger partial charge is 0.0152 e. The van der Waals surface area contributed by atoms with Gasteiger partial charge in [0.2, 0.25) is 0 Å². The Morgan fingerprint density at radius 1 is 0.407 bits per heavy atom. The highest BCUT2D eigenvalue weighted by atomic mass is 14.0. The molecule has 0 heteroatoms. The molecule has 0 aromatic heterocycles. The number of rotatable bonds is 0. The summed E-state index contributed by atoms with van der Waals surface area (Å²) in [7, 11) is 0. The van der Waals surface area contributed by atoms with E-state index in [0.717, 1.165) is 0 Å². The first kappa shape index (κ1) is 24.4. The fraction of sp³-hybridized carbons (Fsp3) is 0.259. The third kappa shape index (κ3) is 6.90. The summed E-state index contributed by atoms with van der Waals surface area (Å²) in [5, 5.41) is 5.37. The van der Waals surface area contributed by atoms with Gasteiger partial charge in [-0.25, -0.2) is 0 Å². The van der Waals surface area contributed by atoms with Gasteiger partial charge in [0.25, 0.3) is 0 Å². The molecule has 27 heavy (non-hydrogen) atoms. The Balaban J connectivity index is 0.000000414. The summed E-state index contributed by atoms with van der Waals surface area (Å²) in [6.45, 7) is 12.3. The SMILES string of the molecule is C.CC.CC.Cc1ccc(C)c2ccccc12.c1ccc2ccccc2c1. The minimum atomic E-state index is 0. The summed E-state index contributed by atoms with van der Waals surface area (Å²) < 4.78 is 0. The molecule has 0 spiro atoms. The van der Waals surface area contributed by atoms with Gasteiger partial charge < -0.3 is 0 Å². The van der Waals surface area contributed by atoms with Crippen LogP contribution in [0, 0.1) is 13.8 Å². The Kier molecular flexibility index (Phi) is 12.3. The minimum Gasteiger partial charge on any atom is -0.0776 e. The molecule has 0 fully saturated rings. The second kappa shape index (κ2) is 13.6. The average molecular weight is 361 g/mol. The van der Waals surface area contributed by atoms with Gasteiger partial charge in [-0.15, -0.1) is 0 Å². The summed E-state index contributed by atoms with van der Waals surface area (Å²) in [4.78, 5) is 0. The molecule has 0 bridgehead atoms. The van der Waals surface area contributed by atoms with Gasteiger partial charge in [-0.3, -0.25) is 0 Å². The van der Waals surface area contributed by atoms with Crippen LogP contribution in [-0.2, 0) is 0 Å². The van der Waals surface area contributed by atoms with Gasteiger partial charge in [0.15, 0.2) is 0 Å². The lowest BCUT2D eigenvalue weighted by Gasteiger charge is -2.03. The van der Waals surface area contributed by atoms with Crippen molar-refractivity contribution in [3.05, 3.63) is 96.1 Å². The molecule has 144 valence electrons. The Morgan fingerprint density at radius 3 is 0.963 bits per heavy atom. The van der Waals surface area contributed by atoms with Crippen molar-refractivity contribution in [2.45, 2.75) is 49.0 Å². The fourth-order valence-corrected chi connectivity index (χ4v) is 2.73. The van der Waals surface area contributed by atoms with Crippen LogP contribution in [-0.4, -0.2) is 0 Å². The second-order valence-corrected chi connectivity index (χ2v) is 5.59. The van der Waals surface area contributed by atoms with Gasteiger partial charge in [-0.2, -0.15) is 0 Å². The van der Waals surface area contributed by atoms with Gasteiger partial charge in [-0.05, 0) is 46.5 Å². The molecule has 0 radical (unpaired) electrons. The molecule has 0 N–H and O–H groups in total. The highest BCUT2D eigenvalue weighted by Gasteiger charge is 1.97. The highest BCUT2D eigenvalue weighted by Crippen LogP contribution is 2.21. The van der Waals surface area contributed by atoms with E-state index in [1.165, 1.54) is 32.7 Å². The predicted molar refractivity (Wildman–Crippen MR) is 127 cm³/mol. The maximum Gasteiger partial charge on any atom is -0.0152 e. The topological polar surface area (TPSA) is 0 Å². The second-order valence-electron chi connectivity index (χ2n) is 5.59. The zero-order valence-electron chi connectivity index (χ0n) is 17.1. The lowest BCUT2D eigenvalue weighted by atomic mass is 10.0. The lowest BCUT2D eigenvalue weighted by molar-refractivity contribution is 1.46. The van der Waals surface area contributed by atoms with Crippen LogP contribution in [0.5, 0.6) is 0 Å². The molecule has 4 aromatic rings. The van der Waals surface area contributed by atoms with Gasteiger partial charge >= 0.3 is 0 Å². The highest BCUT2D eigenvalue weighted by molar-refractivity contribution is 5.88. The third-order valence-electron chi connectivity index (χ3n) is 4.02. The maximum absolute atomic E-state index is 2.18. The number of fused-ring (bicyclic) bond motifs is 2. The molecule has 0 heterocycles. The Labute approximate surface area is 166 Å². The molecule has 0 saturated carbocycles. The molecule has 0 unspecified atom stereocenters. The van der Waals surface area contributed by atoms with Gasteiger partial charge in [0, 0.05) is 0 Å². The average Bonchev–Trinajstić information content (AvgIpc) is 2.74. The van der Waals surface area contributed by atoms with Crippen LogP contribution in [0.2, 0.25) is 0 Å². The van der Waals surface area contributed by atoms with Crippen molar-refractivity contribution < 1.29 is 0 Å². The van der Waals surface area contributed by atoms with Crippen molar-refractivity contribution >= 4 is 21.5 Å². The van der Waals surface area contributed by atoms with Crippen LogP contribution in [0.25, 0.3) is 21.5 Å². The Hall–Kier alpha value is -2.60. The zero-order valence-corrected chi connectivity index (χ0v) is 17.1. The van der Waals surface area contributed by atoms with E-state index in [1.54, 1.807) is 0 Å². The standard InChI is InChI=1S/C12H12.C10H8.2C2H6.CH4/c1-9-7-8-10(2)12-6-4-3-5-11(9)12;1-2-6-10-8-4-3-7-9(10)5-1;2*1-2;/h3-8H,1-2H3;1-8H;2*1-2H3;1H4. The largest absolute Gasteiger partial charge is 0.0776 e. The summed E-state index contributed by atoms with van der Waals surface area (Å²) in [6.07, 6.45) is 0. The summed E-state index contributed by atoms with van der Waals surface area (Å²) in [5.74, 6) is 0. The monoisotopic (exact) mass is 360 g/mol. The van der Waals surface area contributed by atoms with Crippen LogP contribution >= 0.6 is 0 Å². The molecule has 4 aromatic carbocycles. The molecule has 0 saturated heterocycles. The maximum atomic E-state index is 2.18. The summed E-state index contributed by atoms with van der Waals surface area (Å²) in [5.41, 5.74) is 2.72. The van der Waals surface area contributed by atoms with Gasteiger partial charge in [-0.1, -0.05) is 120 Å². The van der Waals surface area contributed by atoms with Crippen molar-refractivity contribution in [3.8, 4) is 0 Å². The fourth-order valence-electron chi connectivity index (χ4n) is 2.73. The number of aryl methyl sites for hydroxylation is 2. The van der Waals surface area contributed by atoms with Crippen LogP contribution in [0.1, 0.15) is 46.2 Å². The molecule has 0 amide bonds. The van der Waals surface area contributed by atoms with Gasteiger partial charge in [0.05, 0.1) is 0 Å². The van der Waals surface area contributed by atoms with Crippen molar-refractivity contribution in [3.63, 3.8) is 0 Å². The molecular formula is C27H36. The molecule has 0 nitrogen and oxygen atoms in total. The molecule has 0 aliphatic carbocycles. The third-order valence-corrected chi connectivity index (χ3v) is 4.02. The molecule has 4 rings (SSSR count). The van der Waals surface area contributed by atoms with Crippen LogP contribution < -0.4 is 0 Å². The normalized spacial score (nSPS) is 8.81. The Bertz CT molecular complexity index is 798. The number of hydrogen-bond acceptors (Lipinski definition) is 0. The lowest BCUT2D eigenvalue weighted by Crippen LogP contribution is -1.80. The van der Waals surface area contributed by atoms with Crippen molar-refractivity contribution in [1.29, 1.82) is 0 Å². The predicted octanol–water partition coefficient (Wildman–Crippen LogP) is 8.98. The van der Waals surface area contributed by atoms with Crippen molar-refractivity contribution in [2.75, 3.05) is 0 Å². The van der Waals surface area contributed by atoms with Crippen molar-refractivity contribution in [1.82, 2.24) is 0 Å². The zero-order chi connectivity index (χ0) is 19.4. The Morgan fingerprint density at radius 2 is 0.667 bits per heavy atom. The number of hydrogen-bond donors (Lipinski definition) is 0. The van der Waals surface area contributed by atoms with E-state index in [9.17, 15) is 0 Å². The van der Waals surface area contributed by atoms with E-state index >= 15 is 0 Å². The van der Waals surface area contributed by atoms with Gasteiger partial charge in [0.1, 0.15) is 0 Å². The number of benzene rings is 4. The van der Waals surface area contributed by atoms with Crippen LogP contribution in [0.3, 0.4) is 0 Å². The van der Waals surface area contributed by atoms with E-state index < -0.39 is 0 Å². The quantitative estimate of drug-likeness (QED) is 0.293. The molecule has 0 aliphatic rings. The summed E-state index contributed by atoms with van der Waals surface area (Å²) >= 11 is 0. The van der Waals surface area contributed by atoms with Crippen LogP contribution in [0.15, 0.2) is 84.9 Å². The van der Waals surface area contributed by atoms with E-state index in [2.05, 4.69) is 98.8 Å². The van der Waals surface area contributed by atoms with E-state index in [1.807, 2.05) is 27.7 Å². The van der Waals surface area contributed by atoms with E-state index in [4.69, 9.17) is 0 Å². The first-order chi connectivity index (χ1) is 12.8. The molecule has 0 aliphatic heterocycles. The van der Waals surface area contributed by atoms with E-state index in [-0.39, 0.29) is 7.43 Å². The first-order valence-corrected chi connectivity index (χ1v) is 9.64. The summed E-state index contributed by atoms with van der Waals surface area (Å²) in [6, 6.07) is 29.6. The van der Waals surface area contributed by atoms with Crippen molar-refractivity contribution in [2.24, 2.45) is 0 Å².